The lowest BCUT2D eigenvalue weighted by Gasteiger charge is -2.34. The fraction of sp³-hybridized carbons (Fsp3) is 0.625. The first-order valence-corrected chi connectivity index (χ1v) is 7.50. The highest BCUT2D eigenvalue weighted by Crippen LogP contribution is 2.19. The van der Waals surface area contributed by atoms with Crippen molar-refractivity contribution >= 4 is 11.9 Å². The van der Waals surface area contributed by atoms with Crippen LogP contribution < -0.4 is 10.2 Å². The predicted octanol–water partition coefficient (Wildman–Crippen LogP) is 2.88. The molecule has 1 amide bonds. The van der Waals surface area contributed by atoms with Crippen LogP contribution in [0.1, 0.15) is 39.2 Å². The van der Waals surface area contributed by atoms with Crippen molar-refractivity contribution in [2.24, 2.45) is 0 Å². The number of hydrogen-bond acceptors (Lipinski definition) is 4. The molecule has 5 heteroatoms. The van der Waals surface area contributed by atoms with Crippen molar-refractivity contribution in [3.63, 3.8) is 0 Å². The van der Waals surface area contributed by atoms with Crippen LogP contribution in [0.2, 0.25) is 0 Å². The molecule has 2 rings (SSSR count). The molecule has 0 aliphatic carbocycles. The zero-order valence-corrected chi connectivity index (χ0v) is 13.3. The van der Waals surface area contributed by atoms with Crippen molar-refractivity contribution in [3.8, 4) is 0 Å². The number of pyridine rings is 1. The van der Waals surface area contributed by atoms with Gasteiger partial charge in [0.15, 0.2) is 0 Å². The Morgan fingerprint density at radius 2 is 2.24 bits per heavy atom. The van der Waals surface area contributed by atoms with Crippen molar-refractivity contribution in [3.05, 3.63) is 23.9 Å². The Morgan fingerprint density at radius 3 is 2.90 bits per heavy atom. The molecule has 1 saturated heterocycles. The first-order valence-electron chi connectivity index (χ1n) is 7.50. The zero-order valence-electron chi connectivity index (χ0n) is 13.3. The van der Waals surface area contributed by atoms with E-state index in [1.165, 1.54) is 5.56 Å². The minimum atomic E-state index is -0.462. The normalized spacial score (nSPS) is 19.2. The van der Waals surface area contributed by atoms with Gasteiger partial charge < -0.3 is 15.0 Å². The highest BCUT2D eigenvalue weighted by molar-refractivity contribution is 5.68. The number of rotatable bonds is 2. The molecule has 0 bridgehead atoms. The molecule has 1 aliphatic rings. The van der Waals surface area contributed by atoms with Gasteiger partial charge in [0.25, 0.3) is 0 Å². The average molecular weight is 291 g/mol. The number of carbonyl (C=O) groups excluding carboxylic acids is 1. The van der Waals surface area contributed by atoms with Crippen molar-refractivity contribution in [2.75, 3.05) is 18.0 Å². The van der Waals surface area contributed by atoms with Gasteiger partial charge >= 0.3 is 6.09 Å². The maximum absolute atomic E-state index is 11.9. The summed E-state index contributed by atoms with van der Waals surface area (Å²) in [4.78, 5) is 18.5. The summed E-state index contributed by atoms with van der Waals surface area (Å²) in [6.07, 6.45) is 3.50. The summed E-state index contributed by atoms with van der Waals surface area (Å²) >= 11 is 0. The van der Waals surface area contributed by atoms with Crippen LogP contribution in [-0.4, -0.2) is 35.8 Å². The standard InChI is InChI=1S/C16H25N3O2/c1-12-7-8-17-14(10-12)19-9-5-6-13(11-19)18-15(20)21-16(2,3)4/h7-8,10,13H,5-6,9,11H2,1-4H3,(H,18,20)/t13-/m0/s1. The van der Waals surface area contributed by atoms with Crippen molar-refractivity contribution in [1.82, 2.24) is 10.3 Å². The molecule has 1 atom stereocenters. The van der Waals surface area contributed by atoms with E-state index in [9.17, 15) is 4.79 Å². The smallest absolute Gasteiger partial charge is 0.407 e. The van der Waals surface area contributed by atoms with Gasteiger partial charge in [-0.05, 0) is 58.2 Å². The number of aromatic nitrogens is 1. The summed E-state index contributed by atoms with van der Waals surface area (Å²) in [7, 11) is 0. The van der Waals surface area contributed by atoms with Crippen LogP contribution in [0.15, 0.2) is 18.3 Å². The molecule has 1 N–H and O–H groups in total. The number of nitrogens with zero attached hydrogens (tertiary/aromatic N) is 2. The number of alkyl carbamates (subject to hydrolysis) is 1. The van der Waals surface area contributed by atoms with Crippen LogP contribution in [0.4, 0.5) is 10.6 Å². The molecule has 0 saturated carbocycles. The van der Waals surface area contributed by atoms with Crippen LogP contribution in [0.25, 0.3) is 0 Å². The lowest BCUT2D eigenvalue weighted by atomic mass is 10.1. The summed E-state index contributed by atoms with van der Waals surface area (Å²) in [6.45, 7) is 9.42. The number of piperidine rings is 1. The second-order valence-electron chi connectivity index (χ2n) is 6.62. The third-order valence-corrected chi connectivity index (χ3v) is 3.37. The second-order valence-corrected chi connectivity index (χ2v) is 6.62. The van der Waals surface area contributed by atoms with Gasteiger partial charge in [-0.2, -0.15) is 0 Å². The van der Waals surface area contributed by atoms with E-state index in [2.05, 4.69) is 28.2 Å². The van der Waals surface area contributed by atoms with Crippen molar-refractivity contribution in [2.45, 2.75) is 52.2 Å². The molecule has 1 aromatic heterocycles. The van der Waals surface area contributed by atoms with Gasteiger partial charge in [-0.15, -0.1) is 0 Å². The predicted molar refractivity (Wildman–Crippen MR) is 83.6 cm³/mol. The summed E-state index contributed by atoms with van der Waals surface area (Å²) in [6, 6.07) is 4.18. The monoisotopic (exact) mass is 291 g/mol. The van der Waals surface area contributed by atoms with Crippen LogP contribution >= 0.6 is 0 Å². The SMILES string of the molecule is Cc1ccnc(N2CCC[C@H](NC(=O)OC(C)(C)C)C2)c1. The summed E-state index contributed by atoms with van der Waals surface area (Å²) in [5, 5.41) is 2.96. The zero-order chi connectivity index (χ0) is 15.5. The van der Waals surface area contributed by atoms with Crippen LogP contribution in [0, 0.1) is 6.92 Å². The van der Waals surface area contributed by atoms with Crippen LogP contribution in [-0.2, 0) is 4.74 Å². The molecule has 0 aromatic carbocycles. The Kier molecular flexibility index (Phi) is 4.70. The maximum atomic E-state index is 11.9. The van der Waals surface area contributed by atoms with E-state index in [-0.39, 0.29) is 12.1 Å². The molecule has 1 aromatic rings. The first-order chi connectivity index (χ1) is 9.83. The highest BCUT2D eigenvalue weighted by atomic mass is 16.6. The van der Waals surface area contributed by atoms with E-state index in [4.69, 9.17) is 4.74 Å². The molecule has 1 fully saturated rings. The van der Waals surface area contributed by atoms with Crippen molar-refractivity contribution in [1.29, 1.82) is 0 Å². The van der Waals surface area contributed by atoms with Crippen LogP contribution in [0.5, 0.6) is 0 Å². The lowest BCUT2D eigenvalue weighted by molar-refractivity contribution is 0.0500. The Balaban J connectivity index is 1.93. The van der Waals surface area contributed by atoms with E-state index in [0.29, 0.717) is 0 Å². The quantitative estimate of drug-likeness (QED) is 0.910. The fourth-order valence-electron chi connectivity index (χ4n) is 2.47. The van der Waals surface area contributed by atoms with Gasteiger partial charge in [0.1, 0.15) is 11.4 Å². The second kappa shape index (κ2) is 6.33. The fourth-order valence-corrected chi connectivity index (χ4v) is 2.47. The van der Waals surface area contributed by atoms with E-state index in [1.54, 1.807) is 0 Å². The van der Waals surface area contributed by atoms with E-state index >= 15 is 0 Å². The molecule has 0 radical (unpaired) electrons. The third kappa shape index (κ3) is 4.92. The topological polar surface area (TPSA) is 54.5 Å². The maximum Gasteiger partial charge on any atom is 0.407 e. The van der Waals surface area contributed by atoms with E-state index in [1.807, 2.05) is 33.0 Å². The van der Waals surface area contributed by atoms with E-state index < -0.39 is 5.60 Å². The molecule has 5 nitrogen and oxygen atoms in total. The van der Waals surface area contributed by atoms with Gasteiger partial charge in [-0.1, -0.05) is 0 Å². The molecule has 21 heavy (non-hydrogen) atoms. The van der Waals surface area contributed by atoms with Gasteiger partial charge in [-0.3, -0.25) is 0 Å². The largest absolute Gasteiger partial charge is 0.444 e. The lowest BCUT2D eigenvalue weighted by Crippen LogP contribution is -2.49. The molecule has 0 unspecified atom stereocenters. The van der Waals surface area contributed by atoms with Gasteiger partial charge in [0.05, 0.1) is 0 Å². The Labute approximate surface area is 126 Å². The minimum absolute atomic E-state index is 0.107. The summed E-state index contributed by atoms with van der Waals surface area (Å²) in [5.41, 5.74) is 0.735. The number of ether oxygens (including phenoxy) is 1. The Morgan fingerprint density at radius 1 is 1.48 bits per heavy atom. The molecule has 1 aliphatic heterocycles. The summed E-state index contributed by atoms with van der Waals surface area (Å²) in [5.74, 6) is 0.977. The molecular formula is C16H25N3O2. The number of hydrogen-bond donors (Lipinski definition) is 1. The molecule has 0 spiro atoms. The average Bonchev–Trinajstić information content (AvgIpc) is 2.36. The minimum Gasteiger partial charge on any atom is -0.444 e. The van der Waals surface area contributed by atoms with E-state index in [0.717, 1.165) is 31.7 Å². The van der Waals surface area contributed by atoms with Gasteiger partial charge in [0.2, 0.25) is 0 Å². The Bertz CT molecular complexity index is 497. The Hall–Kier alpha value is -1.78. The number of nitrogens with one attached hydrogen (secondary N) is 1. The van der Waals surface area contributed by atoms with Gasteiger partial charge in [-0.25, -0.2) is 9.78 Å². The number of aryl methyl sites for hydroxylation is 1. The van der Waals surface area contributed by atoms with Gasteiger partial charge in [0, 0.05) is 25.3 Å². The molecule has 116 valence electrons. The molecule has 2 heterocycles. The van der Waals surface area contributed by atoms with Crippen molar-refractivity contribution < 1.29 is 9.53 Å². The number of carbonyl (C=O) groups is 1. The number of anilines is 1. The number of amides is 1. The summed E-state index contributed by atoms with van der Waals surface area (Å²) < 4.78 is 5.32. The third-order valence-electron chi connectivity index (χ3n) is 3.37. The molecular weight excluding hydrogens is 266 g/mol. The highest BCUT2D eigenvalue weighted by Gasteiger charge is 2.24. The van der Waals surface area contributed by atoms with Crippen LogP contribution in [0.3, 0.4) is 0 Å². The first kappa shape index (κ1) is 15.6.